The lowest BCUT2D eigenvalue weighted by Gasteiger charge is -2.07. The molecule has 0 aliphatic carbocycles. The van der Waals surface area contributed by atoms with Crippen molar-refractivity contribution in [2.45, 2.75) is 6.54 Å². The fourth-order valence-corrected chi connectivity index (χ4v) is 2.02. The number of benzene rings is 2. The average Bonchev–Trinajstić information content (AvgIpc) is 2.90. The van der Waals surface area contributed by atoms with Crippen molar-refractivity contribution >= 4 is 5.69 Å². The second-order valence-corrected chi connectivity index (χ2v) is 4.48. The molecule has 0 radical (unpaired) electrons. The number of aromatic nitrogens is 4. The van der Waals surface area contributed by atoms with E-state index in [1.165, 1.54) is 16.8 Å². The number of hydrogen-bond donors (Lipinski definition) is 1. The molecule has 3 rings (SSSR count). The van der Waals surface area contributed by atoms with Gasteiger partial charge in [-0.25, -0.2) is 13.5 Å². The predicted octanol–water partition coefficient (Wildman–Crippen LogP) is 2.25. The van der Waals surface area contributed by atoms with Crippen molar-refractivity contribution in [1.82, 2.24) is 20.2 Å². The minimum absolute atomic E-state index is 0.0861. The summed E-state index contributed by atoms with van der Waals surface area (Å²) < 4.78 is 28.0. The fourth-order valence-electron chi connectivity index (χ4n) is 2.02. The van der Waals surface area contributed by atoms with Crippen LogP contribution in [0.15, 0.2) is 42.5 Å². The van der Waals surface area contributed by atoms with E-state index in [2.05, 4.69) is 15.5 Å². The van der Waals surface area contributed by atoms with Crippen molar-refractivity contribution in [3.8, 4) is 11.4 Å². The third-order valence-electron chi connectivity index (χ3n) is 3.07. The van der Waals surface area contributed by atoms with Crippen molar-refractivity contribution in [2.24, 2.45) is 0 Å². The lowest BCUT2D eigenvalue weighted by Crippen LogP contribution is -2.07. The standard InChI is InChI=1S/C14H11F2N5/c15-10-6-5-9(12(16)7-10)8-21-14(18-19-20-21)11-3-1-2-4-13(11)17/h1-7H,8,17H2. The Kier molecular flexibility index (Phi) is 3.31. The van der Waals surface area contributed by atoms with Crippen LogP contribution in [0.2, 0.25) is 0 Å². The van der Waals surface area contributed by atoms with Gasteiger partial charge in [-0.1, -0.05) is 18.2 Å². The second kappa shape index (κ2) is 5.28. The summed E-state index contributed by atoms with van der Waals surface area (Å²) in [6, 6.07) is 10.5. The number of nitrogens with two attached hydrogens (primary N) is 1. The molecule has 0 saturated carbocycles. The molecule has 0 aliphatic rings. The lowest BCUT2D eigenvalue weighted by atomic mass is 10.1. The first-order valence-electron chi connectivity index (χ1n) is 6.20. The van der Waals surface area contributed by atoms with E-state index in [1.807, 2.05) is 6.07 Å². The van der Waals surface area contributed by atoms with Gasteiger partial charge in [-0.15, -0.1) is 5.10 Å². The van der Waals surface area contributed by atoms with E-state index in [1.54, 1.807) is 18.2 Å². The van der Waals surface area contributed by atoms with Crippen LogP contribution < -0.4 is 5.73 Å². The zero-order chi connectivity index (χ0) is 14.8. The molecule has 7 heteroatoms. The SMILES string of the molecule is Nc1ccccc1-c1nnnn1Cc1ccc(F)cc1F. The molecule has 0 fully saturated rings. The van der Waals surface area contributed by atoms with Crippen LogP contribution in [0.1, 0.15) is 5.56 Å². The highest BCUT2D eigenvalue weighted by Crippen LogP contribution is 2.23. The van der Waals surface area contributed by atoms with Crippen molar-refractivity contribution in [1.29, 1.82) is 0 Å². The van der Waals surface area contributed by atoms with Crippen molar-refractivity contribution in [2.75, 3.05) is 5.73 Å². The smallest absolute Gasteiger partial charge is 0.184 e. The van der Waals surface area contributed by atoms with Crippen LogP contribution in [0.25, 0.3) is 11.4 Å². The number of nitrogen functional groups attached to an aromatic ring is 1. The van der Waals surface area contributed by atoms with Gasteiger partial charge >= 0.3 is 0 Å². The molecule has 0 spiro atoms. The molecule has 2 N–H and O–H groups in total. The topological polar surface area (TPSA) is 69.6 Å². The summed E-state index contributed by atoms with van der Waals surface area (Å²) in [7, 11) is 0. The molecule has 2 aromatic carbocycles. The molecule has 1 aromatic heterocycles. The highest BCUT2D eigenvalue weighted by Gasteiger charge is 2.13. The number of tetrazole rings is 1. The first kappa shape index (κ1) is 13.2. The highest BCUT2D eigenvalue weighted by atomic mass is 19.1. The number of para-hydroxylation sites is 1. The molecule has 1 heterocycles. The van der Waals surface area contributed by atoms with Gasteiger partial charge in [0.1, 0.15) is 11.6 Å². The molecule has 106 valence electrons. The quantitative estimate of drug-likeness (QED) is 0.750. The number of anilines is 1. The lowest BCUT2D eigenvalue weighted by molar-refractivity contribution is 0.555. The van der Waals surface area contributed by atoms with E-state index >= 15 is 0 Å². The maximum Gasteiger partial charge on any atom is 0.184 e. The maximum atomic E-state index is 13.7. The summed E-state index contributed by atoms with van der Waals surface area (Å²) >= 11 is 0. The van der Waals surface area contributed by atoms with E-state index in [4.69, 9.17) is 5.73 Å². The van der Waals surface area contributed by atoms with Crippen LogP contribution >= 0.6 is 0 Å². The van der Waals surface area contributed by atoms with Gasteiger partial charge in [-0.05, 0) is 28.6 Å². The van der Waals surface area contributed by atoms with Gasteiger partial charge in [0.2, 0.25) is 0 Å². The molecule has 0 atom stereocenters. The average molecular weight is 287 g/mol. The predicted molar refractivity (Wildman–Crippen MR) is 73.1 cm³/mol. The van der Waals surface area contributed by atoms with Crippen LogP contribution in [0.5, 0.6) is 0 Å². The summed E-state index contributed by atoms with van der Waals surface area (Å²) in [5, 5.41) is 11.3. The normalized spacial score (nSPS) is 10.8. The van der Waals surface area contributed by atoms with Crippen LogP contribution in [-0.4, -0.2) is 20.2 Å². The number of nitrogens with zero attached hydrogens (tertiary/aromatic N) is 4. The molecule has 0 bridgehead atoms. The van der Waals surface area contributed by atoms with E-state index in [-0.39, 0.29) is 6.54 Å². The first-order chi connectivity index (χ1) is 10.1. The van der Waals surface area contributed by atoms with Gasteiger partial charge < -0.3 is 5.73 Å². The number of rotatable bonds is 3. The Morgan fingerprint density at radius 2 is 1.90 bits per heavy atom. The fraction of sp³-hybridized carbons (Fsp3) is 0.0714. The van der Waals surface area contributed by atoms with Crippen LogP contribution in [0.3, 0.4) is 0 Å². The molecule has 5 nitrogen and oxygen atoms in total. The third-order valence-corrected chi connectivity index (χ3v) is 3.07. The number of hydrogen-bond acceptors (Lipinski definition) is 4. The Labute approximate surface area is 119 Å². The van der Waals surface area contributed by atoms with Gasteiger partial charge in [-0.2, -0.15) is 0 Å². The van der Waals surface area contributed by atoms with Crippen LogP contribution in [0.4, 0.5) is 14.5 Å². The minimum Gasteiger partial charge on any atom is -0.398 e. The molecule has 0 unspecified atom stereocenters. The van der Waals surface area contributed by atoms with E-state index in [0.717, 1.165) is 6.07 Å². The van der Waals surface area contributed by atoms with Crippen molar-refractivity contribution in [3.05, 3.63) is 59.7 Å². The van der Waals surface area contributed by atoms with Gasteiger partial charge in [-0.3, -0.25) is 0 Å². The molecule has 21 heavy (non-hydrogen) atoms. The van der Waals surface area contributed by atoms with Crippen LogP contribution in [0, 0.1) is 11.6 Å². The summed E-state index contributed by atoms with van der Waals surface area (Å²) in [5.41, 5.74) is 7.36. The van der Waals surface area contributed by atoms with Crippen molar-refractivity contribution in [3.63, 3.8) is 0 Å². The third kappa shape index (κ3) is 2.58. The maximum absolute atomic E-state index is 13.7. The van der Waals surface area contributed by atoms with Crippen molar-refractivity contribution < 1.29 is 8.78 Å². The molecule has 0 amide bonds. The van der Waals surface area contributed by atoms with E-state index in [9.17, 15) is 8.78 Å². The van der Waals surface area contributed by atoms with Gasteiger partial charge in [0.25, 0.3) is 0 Å². The summed E-state index contributed by atoms with van der Waals surface area (Å²) in [6.07, 6.45) is 0. The van der Waals surface area contributed by atoms with Gasteiger partial charge in [0.15, 0.2) is 5.82 Å². The monoisotopic (exact) mass is 287 g/mol. The summed E-state index contributed by atoms with van der Waals surface area (Å²) in [5.74, 6) is -0.838. The summed E-state index contributed by atoms with van der Waals surface area (Å²) in [6.45, 7) is 0.0861. The second-order valence-electron chi connectivity index (χ2n) is 4.48. The summed E-state index contributed by atoms with van der Waals surface area (Å²) in [4.78, 5) is 0. The first-order valence-corrected chi connectivity index (χ1v) is 6.20. The largest absolute Gasteiger partial charge is 0.398 e. The number of halogens is 2. The Morgan fingerprint density at radius 1 is 1.10 bits per heavy atom. The molecule has 0 saturated heterocycles. The Hall–Kier alpha value is -2.83. The molecular weight excluding hydrogens is 276 g/mol. The Balaban J connectivity index is 1.98. The Bertz CT molecular complexity index is 785. The molecule has 0 aliphatic heterocycles. The molecular formula is C14H11F2N5. The van der Waals surface area contributed by atoms with E-state index < -0.39 is 11.6 Å². The Morgan fingerprint density at radius 3 is 2.67 bits per heavy atom. The van der Waals surface area contributed by atoms with E-state index in [0.29, 0.717) is 22.6 Å². The highest BCUT2D eigenvalue weighted by molar-refractivity contribution is 5.71. The van der Waals surface area contributed by atoms with Gasteiger partial charge in [0.05, 0.1) is 6.54 Å². The van der Waals surface area contributed by atoms with Gasteiger partial charge in [0, 0.05) is 22.9 Å². The zero-order valence-corrected chi connectivity index (χ0v) is 10.9. The zero-order valence-electron chi connectivity index (χ0n) is 10.9. The molecule has 3 aromatic rings. The van der Waals surface area contributed by atoms with Crippen LogP contribution in [-0.2, 0) is 6.54 Å². The minimum atomic E-state index is -0.641.